The van der Waals surface area contributed by atoms with E-state index in [-0.39, 0.29) is 6.04 Å². The van der Waals surface area contributed by atoms with Crippen LogP contribution in [0.2, 0.25) is 0 Å². The van der Waals surface area contributed by atoms with Crippen LogP contribution in [0.1, 0.15) is 13.0 Å². The minimum Gasteiger partial charge on any atom is -0.335 e. The van der Waals surface area contributed by atoms with Gasteiger partial charge in [0.1, 0.15) is 6.33 Å². The first-order chi connectivity index (χ1) is 6.77. The third-order valence-electron chi connectivity index (χ3n) is 2.09. The Morgan fingerprint density at radius 1 is 1.57 bits per heavy atom. The van der Waals surface area contributed by atoms with Crippen molar-refractivity contribution in [1.29, 1.82) is 0 Å². The molecule has 5 nitrogen and oxygen atoms in total. The highest BCUT2D eigenvalue weighted by Gasteiger charge is 2.05. The Morgan fingerprint density at radius 2 is 2.43 bits per heavy atom. The fourth-order valence-electron chi connectivity index (χ4n) is 1.36. The molecule has 2 aromatic rings. The summed E-state index contributed by atoms with van der Waals surface area (Å²) in [5, 5.41) is 6.61. The number of H-pyrrole nitrogens is 1. The standard InChI is InChI=1S/C8H11N5S/c1-7(4-12-3-2-9-5-12)13-6-10-11-8(13)14/h2-3,5-7H,4H2,1H3,(H,11,14). The van der Waals surface area contributed by atoms with Crippen LogP contribution in [0, 0.1) is 4.77 Å². The fourth-order valence-corrected chi connectivity index (χ4v) is 1.64. The van der Waals surface area contributed by atoms with Crippen molar-refractivity contribution in [3.05, 3.63) is 29.8 Å². The van der Waals surface area contributed by atoms with E-state index < -0.39 is 0 Å². The molecule has 1 unspecified atom stereocenters. The van der Waals surface area contributed by atoms with Crippen LogP contribution >= 0.6 is 12.2 Å². The number of hydrogen-bond acceptors (Lipinski definition) is 3. The second kappa shape index (κ2) is 3.75. The van der Waals surface area contributed by atoms with Gasteiger partial charge in [-0.1, -0.05) is 0 Å². The van der Waals surface area contributed by atoms with Crippen molar-refractivity contribution in [2.75, 3.05) is 0 Å². The molecule has 0 radical (unpaired) electrons. The maximum absolute atomic E-state index is 5.08. The van der Waals surface area contributed by atoms with Crippen LogP contribution < -0.4 is 0 Å². The van der Waals surface area contributed by atoms with Gasteiger partial charge in [0.15, 0.2) is 4.77 Å². The Bertz CT molecular complexity index is 440. The number of aromatic amines is 1. The van der Waals surface area contributed by atoms with Gasteiger partial charge in [-0.25, -0.2) is 4.98 Å². The van der Waals surface area contributed by atoms with Gasteiger partial charge in [-0.05, 0) is 19.1 Å². The lowest BCUT2D eigenvalue weighted by Crippen LogP contribution is -2.11. The van der Waals surface area contributed by atoms with E-state index in [4.69, 9.17) is 12.2 Å². The summed E-state index contributed by atoms with van der Waals surface area (Å²) in [6.45, 7) is 2.93. The molecule has 0 saturated heterocycles. The van der Waals surface area contributed by atoms with E-state index in [0.29, 0.717) is 4.77 Å². The number of imidazole rings is 1. The number of hydrogen-bond donors (Lipinski definition) is 1. The largest absolute Gasteiger partial charge is 0.335 e. The van der Waals surface area contributed by atoms with E-state index in [0.717, 1.165) is 6.54 Å². The average Bonchev–Trinajstić information content (AvgIpc) is 2.75. The van der Waals surface area contributed by atoms with Crippen molar-refractivity contribution in [3.63, 3.8) is 0 Å². The molecular formula is C8H11N5S. The van der Waals surface area contributed by atoms with Crippen LogP contribution in [-0.4, -0.2) is 24.3 Å². The van der Waals surface area contributed by atoms with Gasteiger partial charge < -0.3 is 9.13 Å². The molecule has 1 N–H and O–H groups in total. The third-order valence-corrected chi connectivity index (χ3v) is 2.39. The molecule has 1 atom stereocenters. The lowest BCUT2D eigenvalue weighted by Gasteiger charge is -2.12. The van der Waals surface area contributed by atoms with Gasteiger partial charge in [-0.3, -0.25) is 5.10 Å². The molecule has 0 aliphatic rings. The average molecular weight is 209 g/mol. The molecule has 6 heteroatoms. The molecule has 0 aliphatic carbocycles. The van der Waals surface area contributed by atoms with E-state index in [1.54, 1.807) is 18.9 Å². The van der Waals surface area contributed by atoms with Crippen molar-refractivity contribution in [3.8, 4) is 0 Å². The maximum atomic E-state index is 5.08. The summed E-state index contributed by atoms with van der Waals surface area (Å²) in [4.78, 5) is 3.98. The molecule has 0 spiro atoms. The molecular weight excluding hydrogens is 198 g/mol. The molecule has 0 amide bonds. The van der Waals surface area contributed by atoms with E-state index in [1.807, 2.05) is 15.3 Å². The van der Waals surface area contributed by atoms with Crippen molar-refractivity contribution < 1.29 is 0 Å². The molecule has 0 aromatic carbocycles. The van der Waals surface area contributed by atoms with Crippen molar-refractivity contribution in [1.82, 2.24) is 24.3 Å². The van der Waals surface area contributed by atoms with Gasteiger partial charge in [0.25, 0.3) is 0 Å². The monoisotopic (exact) mass is 209 g/mol. The molecule has 74 valence electrons. The Labute approximate surface area is 86.4 Å². The zero-order valence-corrected chi connectivity index (χ0v) is 8.61. The summed E-state index contributed by atoms with van der Waals surface area (Å²) in [5.41, 5.74) is 0. The lowest BCUT2D eigenvalue weighted by molar-refractivity contribution is 0.459. The molecule has 0 bridgehead atoms. The van der Waals surface area contributed by atoms with E-state index in [2.05, 4.69) is 22.1 Å². The molecule has 0 saturated carbocycles. The molecule has 2 rings (SSSR count). The normalized spacial score (nSPS) is 12.9. The minimum atomic E-state index is 0.274. The van der Waals surface area contributed by atoms with Gasteiger partial charge in [-0.2, -0.15) is 5.10 Å². The smallest absolute Gasteiger partial charge is 0.195 e. The highest BCUT2D eigenvalue weighted by molar-refractivity contribution is 7.71. The second-order valence-electron chi connectivity index (χ2n) is 3.18. The van der Waals surface area contributed by atoms with Crippen molar-refractivity contribution in [2.24, 2.45) is 0 Å². The van der Waals surface area contributed by atoms with E-state index >= 15 is 0 Å². The summed E-state index contributed by atoms with van der Waals surface area (Å²) < 4.78 is 4.59. The first kappa shape index (κ1) is 9.14. The number of aromatic nitrogens is 5. The van der Waals surface area contributed by atoms with Crippen LogP contribution in [0.4, 0.5) is 0 Å². The van der Waals surface area contributed by atoms with Crippen molar-refractivity contribution in [2.45, 2.75) is 19.5 Å². The SMILES string of the molecule is CC(Cn1ccnc1)n1cn[nH]c1=S. The second-order valence-corrected chi connectivity index (χ2v) is 3.56. The molecule has 2 aromatic heterocycles. The quantitative estimate of drug-likeness (QED) is 0.777. The zero-order chi connectivity index (χ0) is 9.97. The molecule has 14 heavy (non-hydrogen) atoms. The Balaban J connectivity index is 2.14. The summed E-state index contributed by atoms with van der Waals surface area (Å²) in [7, 11) is 0. The van der Waals surface area contributed by atoms with E-state index in [1.165, 1.54) is 0 Å². The lowest BCUT2D eigenvalue weighted by atomic mass is 10.3. The van der Waals surface area contributed by atoms with Crippen LogP contribution in [0.5, 0.6) is 0 Å². The van der Waals surface area contributed by atoms with Crippen LogP contribution in [-0.2, 0) is 6.54 Å². The number of nitrogens with zero attached hydrogens (tertiary/aromatic N) is 4. The zero-order valence-electron chi connectivity index (χ0n) is 7.79. The van der Waals surface area contributed by atoms with Crippen molar-refractivity contribution >= 4 is 12.2 Å². The van der Waals surface area contributed by atoms with Gasteiger partial charge in [-0.15, -0.1) is 0 Å². The summed E-state index contributed by atoms with van der Waals surface area (Å²) in [6.07, 6.45) is 7.20. The topological polar surface area (TPSA) is 51.4 Å². The Hall–Kier alpha value is -1.43. The Morgan fingerprint density at radius 3 is 3.00 bits per heavy atom. The number of nitrogens with one attached hydrogen (secondary N) is 1. The maximum Gasteiger partial charge on any atom is 0.195 e. The fraction of sp³-hybridized carbons (Fsp3) is 0.375. The van der Waals surface area contributed by atoms with Crippen LogP contribution in [0.15, 0.2) is 25.0 Å². The molecule has 0 fully saturated rings. The van der Waals surface area contributed by atoms with Gasteiger partial charge >= 0.3 is 0 Å². The van der Waals surface area contributed by atoms with Crippen LogP contribution in [0.25, 0.3) is 0 Å². The van der Waals surface area contributed by atoms with E-state index in [9.17, 15) is 0 Å². The predicted octanol–water partition coefficient (Wildman–Crippen LogP) is 1.40. The third kappa shape index (κ3) is 1.74. The first-order valence-corrected chi connectivity index (χ1v) is 4.75. The summed E-state index contributed by atoms with van der Waals surface area (Å²) in [6, 6.07) is 0.274. The minimum absolute atomic E-state index is 0.274. The summed E-state index contributed by atoms with van der Waals surface area (Å²) in [5.74, 6) is 0. The van der Waals surface area contributed by atoms with Gasteiger partial charge in [0.05, 0.1) is 12.4 Å². The molecule has 2 heterocycles. The highest BCUT2D eigenvalue weighted by Crippen LogP contribution is 2.07. The Kier molecular flexibility index (Phi) is 2.45. The number of rotatable bonds is 3. The highest BCUT2D eigenvalue weighted by atomic mass is 32.1. The first-order valence-electron chi connectivity index (χ1n) is 4.34. The summed E-state index contributed by atoms with van der Waals surface area (Å²) >= 11 is 5.08. The molecule has 0 aliphatic heterocycles. The van der Waals surface area contributed by atoms with Gasteiger partial charge in [0, 0.05) is 18.9 Å². The predicted molar refractivity (Wildman–Crippen MR) is 54.3 cm³/mol. The van der Waals surface area contributed by atoms with Crippen LogP contribution in [0.3, 0.4) is 0 Å². The van der Waals surface area contributed by atoms with Gasteiger partial charge in [0.2, 0.25) is 0 Å².